The zero-order valence-corrected chi connectivity index (χ0v) is 22.8. The average Bonchev–Trinajstić information content (AvgIpc) is 3.12. The number of unbranched alkanes of at least 4 members (excludes halogenated alkanes) is 2. The highest BCUT2D eigenvalue weighted by Gasteiger charge is 2.35. The van der Waals surface area contributed by atoms with Crippen LogP contribution in [0.25, 0.3) is 0 Å². The van der Waals surface area contributed by atoms with Crippen LogP contribution < -0.4 is 0 Å². The zero-order chi connectivity index (χ0) is 24.7. The number of amides is 3. The summed E-state index contributed by atoms with van der Waals surface area (Å²) in [6.45, 7) is 16.7. The Kier molecular flexibility index (Phi) is 14.3. The lowest BCUT2D eigenvalue weighted by Gasteiger charge is -2.32. The lowest BCUT2D eigenvalue weighted by Crippen LogP contribution is -2.34. The molecule has 0 bridgehead atoms. The van der Waals surface area contributed by atoms with E-state index in [9.17, 15) is 9.59 Å². The minimum absolute atomic E-state index is 0.0395. The second-order valence-corrected chi connectivity index (χ2v) is 10.2. The summed E-state index contributed by atoms with van der Waals surface area (Å²) in [5.74, 6) is -0.0395. The van der Waals surface area contributed by atoms with Crippen LogP contribution in [0.3, 0.4) is 0 Å². The van der Waals surface area contributed by atoms with Crippen LogP contribution in [-0.4, -0.2) is 54.6 Å². The van der Waals surface area contributed by atoms with Gasteiger partial charge in [0.25, 0.3) is 0 Å². The van der Waals surface area contributed by atoms with Gasteiger partial charge in [0, 0.05) is 26.3 Å². The van der Waals surface area contributed by atoms with Gasteiger partial charge in [0.05, 0.1) is 0 Å². The van der Waals surface area contributed by atoms with E-state index < -0.39 is 0 Å². The number of ether oxygens (including phenoxy) is 1. The first-order valence-electron chi connectivity index (χ1n) is 14.0. The van der Waals surface area contributed by atoms with Gasteiger partial charge in [0.1, 0.15) is 6.54 Å². The van der Waals surface area contributed by atoms with Crippen LogP contribution in [-0.2, 0) is 9.53 Å². The van der Waals surface area contributed by atoms with Crippen molar-refractivity contribution in [3.63, 3.8) is 0 Å². The molecule has 33 heavy (non-hydrogen) atoms. The maximum atomic E-state index is 12.3. The number of rotatable bonds is 20. The standard InChI is InChI=1S/C28H54N2O3/c1-7-27(8-2,9-3)18-13-15-22-33-23-16-14-19-28(10-4,11-5)20-17-21-30-25(31)24-29(12-6)26(30)32/h7-24H2,1-6H3. The Balaban J connectivity index is 2.24. The molecular formula is C28H54N2O3. The van der Waals surface area contributed by atoms with Gasteiger partial charge in [-0.05, 0) is 56.3 Å². The van der Waals surface area contributed by atoms with Crippen LogP contribution >= 0.6 is 0 Å². The third-order valence-corrected chi connectivity index (χ3v) is 8.84. The molecule has 0 unspecified atom stereocenters. The molecule has 5 heteroatoms. The lowest BCUT2D eigenvalue weighted by atomic mass is 9.74. The highest BCUT2D eigenvalue weighted by molar-refractivity contribution is 6.01. The summed E-state index contributed by atoms with van der Waals surface area (Å²) >= 11 is 0. The summed E-state index contributed by atoms with van der Waals surface area (Å²) in [6.07, 6.45) is 15.5. The summed E-state index contributed by atoms with van der Waals surface area (Å²) in [6, 6.07) is -0.108. The van der Waals surface area contributed by atoms with Crippen LogP contribution in [0.4, 0.5) is 4.79 Å². The van der Waals surface area contributed by atoms with Gasteiger partial charge >= 0.3 is 6.03 Å². The molecule has 1 aliphatic heterocycles. The molecule has 0 aromatic carbocycles. The molecule has 0 spiro atoms. The number of nitrogens with zero attached hydrogens (tertiary/aromatic N) is 2. The average molecular weight is 467 g/mol. The number of carbonyl (C=O) groups excluding carboxylic acids is 2. The van der Waals surface area contributed by atoms with Crippen molar-refractivity contribution in [2.75, 3.05) is 32.8 Å². The molecule has 1 rings (SSSR count). The molecule has 0 N–H and O–H groups in total. The van der Waals surface area contributed by atoms with Gasteiger partial charge in [-0.3, -0.25) is 9.69 Å². The van der Waals surface area contributed by atoms with E-state index in [1.54, 1.807) is 4.90 Å². The van der Waals surface area contributed by atoms with Gasteiger partial charge in [-0.25, -0.2) is 4.79 Å². The molecule has 3 amide bonds. The van der Waals surface area contributed by atoms with Gasteiger partial charge in [0.15, 0.2) is 0 Å². The fraction of sp³-hybridized carbons (Fsp3) is 0.929. The number of hydrogen-bond acceptors (Lipinski definition) is 3. The van der Waals surface area contributed by atoms with Crippen molar-refractivity contribution < 1.29 is 14.3 Å². The van der Waals surface area contributed by atoms with E-state index in [1.807, 2.05) is 6.92 Å². The third kappa shape index (κ3) is 9.22. The molecule has 0 radical (unpaired) electrons. The Hall–Kier alpha value is -1.10. The highest BCUT2D eigenvalue weighted by atomic mass is 16.5. The molecular weight excluding hydrogens is 412 g/mol. The van der Waals surface area contributed by atoms with Crippen LogP contribution in [0.1, 0.15) is 125 Å². The molecule has 0 aromatic heterocycles. The van der Waals surface area contributed by atoms with Crippen molar-refractivity contribution in [2.45, 2.75) is 125 Å². The number of likely N-dealkylation sites (N-methyl/N-ethyl adjacent to an activating group) is 1. The smallest absolute Gasteiger partial charge is 0.327 e. The second-order valence-electron chi connectivity index (χ2n) is 10.2. The van der Waals surface area contributed by atoms with Gasteiger partial charge in [-0.15, -0.1) is 0 Å². The van der Waals surface area contributed by atoms with Crippen molar-refractivity contribution in [3.05, 3.63) is 0 Å². The van der Waals surface area contributed by atoms with Gasteiger partial charge in [-0.2, -0.15) is 0 Å². The first-order chi connectivity index (χ1) is 15.9. The predicted octanol–water partition coefficient (Wildman–Crippen LogP) is 7.43. The number of hydrogen-bond donors (Lipinski definition) is 0. The van der Waals surface area contributed by atoms with Crippen LogP contribution in [0.2, 0.25) is 0 Å². The Morgan fingerprint density at radius 2 is 1.18 bits per heavy atom. The highest BCUT2D eigenvalue weighted by Crippen LogP contribution is 2.38. The SMILES string of the molecule is CCN1CC(=O)N(CCCC(CC)(CC)CCCCOCCCCC(CC)(CC)CC)C1=O. The van der Waals surface area contributed by atoms with Crippen molar-refractivity contribution in [3.8, 4) is 0 Å². The first-order valence-corrected chi connectivity index (χ1v) is 14.0. The number of urea groups is 1. The minimum Gasteiger partial charge on any atom is -0.381 e. The van der Waals surface area contributed by atoms with E-state index in [0.29, 0.717) is 23.9 Å². The van der Waals surface area contributed by atoms with E-state index >= 15 is 0 Å². The molecule has 0 aliphatic carbocycles. The van der Waals surface area contributed by atoms with Gasteiger partial charge in [0.2, 0.25) is 5.91 Å². The van der Waals surface area contributed by atoms with E-state index in [0.717, 1.165) is 45.3 Å². The molecule has 1 fully saturated rings. The zero-order valence-electron chi connectivity index (χ0n) is 22.8. The summed E-state index contributed by atoms with van der Waals surface area (Å²) in [5.41, 5.74) is 0.869. The van der Waals surface area contributed by atoms with Gasteiger partial charge < -0.3 is 9.64 Å². The first kappa shape index (κ1) is 29.9. The molecule has 194 valence electrons. The maximum absolute atomic E-state index is 12.3. The van der Waals surface area contributed by atoms with Crippen molar-refractivity contribution in [1.82, 2.24) is 9.80 Å². The van der Waals surface area contributed by atoms with Crippen molar-refractivity contribution >= 4 is 11.9 Å². The van der Waals surface area contributed by atoms with Crippen molar-refractivity contribution in [2.24, 2.45) is 10.8 Å². The quantitative estimate of drug-likeness (QED) is 0.138. The fourth-order valence-corrected chi connectivity index (χ4v) is 5.55. The lowest BCUT2D eigenvalue weighted by molar-refractivity contribution is -0.125. The Morgan fingerprint density at radius 1 is 0.697 bits per heavy atom. The molecule has 0 aromatic rings. The third-order valence-electron chi connectivity index (χ3n) is 8.84. The van der Waals surface area contributed by atoms with Gasteiger partial charge in [-0.1, -0.05) is 79.6 Å². The number of imide groups is 1. The van der Waals surface area contributed by atoms with Crippen LogP contribution in [0.15, 0.2) is 0 Å². The van der Waals surface area contributed by atoms with E-state index in [-0.39, 0.29) is 18.5 Å². The topological polar surface area (TPSA) is 49.9 Å². The molecule has 1 heterocycles. The molecule has 0 saturated carbocycles. The minimum atomic E-state index is -0.108. The van der Waals surface area contributed by atoms with Crippen LogP contribution in [0.5, 0.6) is 0 Å². The summed E-state index contributed by atoms with van der Waals surface area (Å²) in [4.78, 5) is 27.5. The second kappa shape index (κ2) is 15.7. The fourth-order valence-electron chi connectivity index (χ4n) is 5.55. The molecule has 5 nitrogen and oxygen atoms in total. The number of carbonyl (C=O) groups is 2. The van der Waals surface area contributed by atoms with Crippen LogP contribution in [0, 0.1) is 10.8 Å². The largest absolute Gasteiger partial charge is 0.381 e. The molecule has 0 atom stereocenters. The maximum Gasteiger partial charge on any atom is 0.327 e. The predicted molar refractivity (Wildman–Crippen MR) is 138 cm³/mol. The monoisotopic (exact) mass is 466 g/mol. The Bertz CT molecular complexity index is 547. The summed E-state index contributed by atoms with van der Waals surface area (Å²) < 4.78 is 5.94. The normalized spacial score (nSPS) is 15.2. The van der Waals surface area contributed by atoms with E-state index in [1.165, 1.54) is 56.3 Å². The van der Waals surface area contributed by atoms with Crippen molar-refractivity contribution in [1.29, 1.82) is 0 Å². The summed E-state index contributed by atoms with van der Waals surface area (Å²) in [5, 5.41) is 0. The molecule has 1 saturated heterocycles. The summed E-state index contributed by atoms with van der Waals surface area (Å²) in [7, 11) is 0. The Labute approximate surface area is 205 Å². The Morgan fingerprint density at radius 3 is 1.64 bits per heavy atom. The van der Waals surface area contributed by atoms with E-state index in [4.69, 9.17) is 4.74 Å². The molecule has 1 aliphatic rings. The van der Waals surface area contributed by atoms with E-state index in [2.05, 4.69) is 34.6 Å².